The Labute approximate surface area is 219 Å². The van der Waals surface area contributed by atoms with Crippen molar-refractivity contribution in [3.05, 3.63) is 94.0 Å². The zero-order valence-corrected chi connectivity index (χ0v) is 21.0. The molecule has 1 heterocycles. The van der Waals surface area contributed by atoms with Crippen LogP contribution in [-0.4, -0.2) is 35.9 Å². The van der Waals surface area contributed by atoms with E-state index in [1.165, 1.54) is 12.1 Å². The van der Waals surface area contributed by atoms with E-state index >= 15 is 0 Å². The number of carbonyl (C=O) groups excluding carboxylic acids is 5. The Morgan fingerprint density at radius 2 is 1.65 bits per heavy atom. The van der Waals surface area contributed by atoms with E-state index in [-0.39, 0.29) is 17.2 Å². The van der Waals surface area contributed by atoms with Crippen LogP contribution in [0.2, 0.25) is 0 Å². The van der Waals surface area contributed by atoms with Crippen LogP contribution in [0.1, 0.15) is 26.3 Å². The topological polar surface area (TPSA) is 137 Å². The number of nitrogens with one attached hydrogen (secondary N) is 3. The average molecular weight is 562 g/mol. The molecule has 0 unspecified atom stereocenters. The van der Waals surface area contributed by atoms with Gasteiger partial charge in [0.05, 0.1) is 5.69 Å². The molecule has 3 aromatic rings. The van der Waals surface area contributed by atoms with Gasteiger partial charge in [-0.1, -0.05) is 33.6 Å². The first-order valence-electron chi connectivity index (χ1n) is 11.0. The van der Waals surface area contributed by atoms with Crippen molar-refractivity contribution < 1.29 is 24.0 Å². The highest BCUT2D eigenvalue weighted by molar-refractivity contribution is 9.10. The van der Waals surface area contributed by atoms with Gasteiger partial charge in [-0.2, -0.15) is 5.10 Å². The number of nitrogens with zero attached hydrogens (tertiary/aromatic N) is 2. The van der Waals surface area contributed by atoms with Crippen molar-refractivity contribution in [2.45, 2.75) is 6.92 Å². The van der Waals surface area contributed by atoms with E-state index in [0.29, 0.717) is 11.3 Å². The molecule has 1 aliphatic rings. The molecule has 0 saturated carbocycles. The van der Waals surface area contributed by atoms with Gasteiger partial charge in [0.1, 0.15) is 0 Å². The quantitative estimate of drug-likeness (QED) is 0.240. The van der Waals surface area contributed by atoms with Crippen molar-refractivity contribution in [3.8, 4) is 0 Å². The lowest BCUT2D eigenvalue weighted by molar-refractivity contribution is -0.131. The predicted octanol–water partition coefficient (Wildman–Crippen LogP) is 3.62. The van der Waals surface area contributed by atoms with Gasteiger partial charge in [0.25, 0.3) is 17.7 Å². The number of rotatable bonds is 6. The van der Waals surface area contributed by atoms with Crippen LogP contribution >= 0.6 is 15.9 Å². The third-order valence-electron chi connectivity index (χ3n) is 5.36. The number of carbonyl (C=O) groups is 5. The molecule has 3 aromatic carbocycles. The SMILES string of the molecule is Cc1cccc(C(=O)Nc2ccc(C(=O)N/N=C\[C@H]3C(=O)NC(=O)N(c4ccc(Br)cc4)C3=O)cc2)c1. The Kier molecular flexibility index (Phi) is 7.54. The van der Waals surface area contributed by atoms with Gasteiger partial charge in [-0.25, -0.2) is 15.1 Å². The number of imide groups is 2. The van der Waals surface area contributed by atoms with Crippen molar-refractivity contribution in [1.29, 1.82) is 0 Å². The number of anilines is 2. The molecule has 6 amide bonds. The minimum atomic E-state index is -1.42. The molecule has 10 nitrogen and oxygen atoms in total. The molecule has 4 rings (SSSR count). The maximum Gasteiger partial charge on any atom is 0.335 e. The number of urea groups is 1. The molecule has 1 aliphatic heterocycles. The first-order valence-corrected chi connectivity index (χ1v) is 11.8. The first-order chi connectivity index (χ1) is 17.7. The summed E-state index contributed by atoms with van der Waals surface area (Å²) >= 11 is 3.28. The summed E-state index contributed by atoms with van der Waals surface area (Å²) in [7, 11) is 0. The molecule has 0 spiro atoms. The summed E-state index contributed by atoms with van der Waals surface area (Å²) in [4.78, 5) is 62.9. The molecule has 37 heavy (non-hydrogen) atoms. The standard InChI is InChI=1S/C26H20BrN5O5/c1-15-3-2-4-17(13-15)22(33)29-19-9-5-16(6-10-19)23(34)31-28-14-21-24(35)30-26(37)32(25(21)36)20-11-7-18(27)8-12-20/h2-14,21H,1H3,(H,29,33)(H,31,34)(H,30,35,37)/b28-14-/t21-/m0/s1. The first kappa shape index (κ1) is 25.5. The van der Waals surface area contributed by atoms with E-state index in [1.54, 1.807) is 54.6 Å². The third-order valence-corrected chi connectivity index (χ3v) is 5.89. The van der Waals surface area contributed by atoms with Crippen molar-refractivity contribution in [2.75, 3.05) is 10.2 Å². The summed E-state index contributed by atoms with van der Waals surface area (Å²) in [6.07, 6.45) is 0.963. The molecule has 1 fully saturated rings. The third kappa shape index (κ3) is 5.96. The van der Waals surface area contributed by atoms with E-state index < -0.39 is 29.7 Å². The van der Waals surface area contributed by atoms with Gasteiger partial charge >= 0.3 is 6.03 Å². The molecular weight excluding hydrogens is 542 g/mol. The van der Waals surface area contributed by atoms with Gasteiger partial charge in [-0.3, -0.25) is 24.5 Å². The number of barbiturate groups is 1. The van der Waals surface area contributed by atoms with Crippen LogP contribution < -0.4 is 21.0 Å². The lowest BCUT2D eigenvalue weighted by Gasteiger charge is -2.28. The lowest BCUT2D eigenvalue weighted by Crippen LogP contribution is -2.58. The lowest BCUT2D eigenvalue weighted by atomic mass is 10.1. The second kappa shape index (κ2) is 11.0. The molecule has 11 heteroatoms. The van der Waals surface area contributed by atoms with E-state index in [9.17, 15) is 24.0 Å². The number of aryl methyl sites for hydroxylation is 1. The number of benzene rings is 3. The molecule has 186 valence electrons. The second-order valence-corrected chi connectivity index (χ2v) is 8.96. The Bertz CT molecular complexity index is 1420. The van der Waals surface area contributed by atoms with E-state index in [4.69, 9.17) is 0 Å². The Hall–Kier alpha value is -4.64. The molecule has 0 aromatic heterocycles. The molecule has 1 saturated heterocycles. The van der Waals surface area contributed by atoms with Gasteiger partial charge in [-0.15, -0.1) is 0 Å². The van der Waals surface area contributed by atoms with Crippen molar-refractivity contribution in [3.63, 3.8) is 0 Å². The van der Waals surface area contributed by atoms with Crippen molar-refractivity contribution >= 4 is 63.2 Å². The molecule has 0 aliphatic carbocycles. The minimum Gasteiger partial charge on any atom is -0.322 e. The van der Waals surface area contributed by atoms with Crippen LogP contribution in [0.5, 0.6) is 0 Å². The largest absolute Gasteiger partial charge is 0.335 e. The monoisotopic (exact) mass is 561 g/mol. The predicted molar refractivity (Wildman–Crippen MR) is 140 cm³/mol. The number of amides is 6. The summed E-state index contributed by atoms with van der Waals surface area (Å²) in [5.74, 6) is -3.95. The highest BCUT2D eigenvalue weighted by atomic mass is 79.9. The van der Waals surface area contributed by atoms with Gasteiger partial charge in [-0.05, 0) is 67.6 Å². The maximum absolute atomic E-state index is 12.8. The highest BCUT2D eigenvalue weighted by Gasteiger charge is 2.40. The normalized spacial score (nSPS) is 15.5. The number of hydrazone groups is 1. The van der Waals surface area contributed by atoms with Gasteiger partial charge in [0.15, 0.2) is 5.92 Å². The summed E-state index contributed by atoms with van der Waals surface area (Å²) in [5.41, 5.74) is 4.73. The maximum atomic E-state index is 12.8. The van der Waals surface area contributed by atoms with Gasteiger partial charge in [0, 0.05) is 27.5 Å². The van der Waals surface area contributed by atoms with Gasteiger partial charge in [0.2, 0.25) is 5.91 Å². The zero-order valence-electron chi connectivity index (χ0n) is 19.4. The molecule has 1 atom stereocenters. The van der Waals surface area contributed by atoms with E-state index in [1.807, 2.05) is 13.0 Å². The van der Waals surface area contributed by atoms with Gasteiger partial charge < -0.3 is 5.32 Å². The Balaban J connectivity index is 1.38. The molecular formula is C26H20BrN5O5. The average Bonchev–Trinajstić information content (AvgIpc) is 2.87. The molecule has 0 bridgehead atoms. The van der Waals surface area contributed by atoms with E-state index in [2.05, 4.69) is 37.1 Å². The van der Waals surface area contributed by atoms with Crippen LogP contribution in [0, 0.1) is 12.8 Å². The fourth-order valence-corrected chi connectivity index (χ4v) is 3.75. The Morgan fingerprint density at radius 1 is 0.946 bits per heavy atom. The van der Waals surface area contributed by atoms with Crippen molar-refractivity contribution in [2.24, 2.45) is 11.0 Å². The Morgan fingerprint density at radius 3 is 2.32 bits per heavy atom. The zero-order chi connectivity index (χ0) is 26.5. The molecule has 0 radical (unpaired) electrons. The number of hydrogen-bond donors (Lipinski definition) is 3. The fourth-order valence-electron chi connectivity index (χ4n) is 3.49. The summed E-state index contributed by atoms with van der Waals surface area (Å²) in [6.45, 7) is 1.89. The smallest absolute Gasteiger partial charge is 0.322 e. The second-order valence-electron chi connectivity index (χ2n) is 8.04. The minimum absolute atomic E-state index is 0.233. The van der Waals surface area contributed by atoms with Crippen molar-refractivity contribution in [1.82, 2.24) is 10.7 Å². The summed E-state index contributed by atoms with van der Waals surface area (Å²) in [5, 5.41) is 8.60. The van der Waals surface area contributed by atoms with E-state index in [0.717, 1.165) is 21.2 Å². The fraction of sp³-hybridized carbons (Fsp3) is 0.0769. The van der Waals surface area contributed by atoms with Crippen LogP contribution in [0.4, 0.5) is 16.2 Å². The van der Waals surface area contributed by atoms with Crippen LogP contribution in [0.25, 0.3) is 0 Å². The summed E-state index contributed by atoms with van der Waals surface area (Å²) in [6, 6.07) is 18.8. The van der Waals surface area contributed by atoms with Crippen LogP contribution in [0.15, 0.2) is 82.4 Å². The summed E-state index contributed by atoms with van der Waals surface area (Å²) < 4.78 is 0.750. The van der Waals surface area contributed by atoms with Crippen LogP contribution in [0.3, 0.4) is 0 Å². The van der Waals surface area contributed by atoms with Crippen LogP contribution in [-0.2, 0) is 9.59 Å². The number of halogens is 1. The number of hydrogen-bond acceptors (Lipinski definition) is 6. The highest BCUT2D eigenvalue weighted by Crippen LogP contribution is 2.22. The molecule has 3 N–H and O–H groups in total.